The first-order valence-corrected chi connectivity index (χ1v) is 8.51. The Kier molecular flexibility index (Phi) is 4.98. The Balaban J connectivity index is 1.72. The molecule has 1 atom stereocenters. The van der Waals surface area contributed by atoms with Crippen LogP contribution in [-0.4, -0.2) is 28.3 Å². The van der Waals surface area contributed by atoms with E-state index in [0.717, 1.165) is 16.5 Å². The topological polar surface area (TPSA) is 45.8 Å². The molecule has 2 aromatic rings. The fourth-order valence-electron chi connectivity index (χ4n) is 2.31. The van der Waals surface area contributed by atoms with Crippen LogP contribution in [0.3, 0.4) is 0 Å². The predicted octanol–water partition coefficient (Wildman–Crippen LogP) is 3.99. The second-order valence-corrected chi connectivity index (χ2v) is 6.25. The molecule has 0 aliphatic carbocycles. The van der Waals surface area contributed by atoms with Crippen LogP contribution in [0.15, 0.2) is 64.2 Å². The minimum atomic E-state index is -0.0644. The Bertz CT molecular complexity index is 708. The van der Waals surface area contributed by atoms with Gasteiger partial charge in [-0.2, -0.15) is 0 Å². The molecule has 0 spiro atoms. The van der Waals surface area contributed by atoms with Gasteiger partial charge in [0, 0.05) is 18.4 Å². The maximum absolute atomic E-state index is 12.4. The third-order valence-corrected chi connectivity index (χ3v) is 4.53. The highest BCUT2D eigenvalue weighted by atomic mass is 32.2. The summed E-state index contributed by atoms with van der Waals surface area (Å²) >= 11 is 1.62. The highest BCUT2D eigenvalue weighted by molar-refractivity contribution is 8.14. The average molecular weight is 326 g/mol. The van der Waals surface area contributed by atoms with E-state index >= 15 is 0 Å². The number of aliphatic imine (C=N–C) groups is 1. The van der Waals surface area contributed by atoms with Gasteiger partial charge in [0.05, 0.1) is 12.3 Å². The van der Waals surface area contributed by atoms with Gasteiger partial charge in [-0.15, -0.1) is 0 Å². The summed E-state index contributed by atoms with van der Waals surface area (Å²) in [7, 11) is 0. The van der Waals surface area contributed by atoms with Gasteiger partial charge < -0.3 is 4.42 Å². The minimum Gasteiger partial charge on any atom is -0.465 e. The fourth-order valence-corrected chi connectivity index (χ4v) is 3.34. The molecule has 1 saturated heterocycles. The maximum Gasteiger partial charge on any atom is 0.252 e. The van der Waals surface area contributed by atoms with Crippen molar-refractivity contribution < 1.29 is 9.21 Å². The standard InChI is InChI=1S/C18H18N2O2S/c1-14(15-6-3-2-4-7-15)19-18-20(11-13-23-18)17(21)10-9-16-8-5-12-22-16/h2-10,12,14H,11,13H2,1H3/b10-9+,19-18?. The van der Waals surface area contributed by atoms with Gasteiger partial charge >= 0.3 is 0 Å². The molecule has 5 heteroatoms. The summed E-state index contributed by atoms with van der Waals surface area (Å²) in [4.78, 5) is 18.8. The van der Waals surface area contributed by atoms with Gasteiger partial charge in [-0.05, 0) is 30.7 Å². The van der Waals surface area contributed by atoms with E-state index in [1.54, 1.807) is 35.1 Å². The number of carbonyl (C=O) groups excluding carboxylic acids is 1. The molecule has 0 saturated carbocycles. The van der Waals surface area contributed by atoms with Crippen molar-refractivity contribution in [2.45, 2.75) is 13.0 Å². The molecular weight excluding hydrogens is 308 g/mol. The number of amidine groups is 1. The van der Waals surface area contributed by atoms with Gasteiger partial charge in [-0.3, -0.25) is 14.7 Å². The first-order chi connectivity index (χ1) is 11.2. The number of thioether (sulfide) groups is 1. The number of furan rings is 1. The number of benzene rings is 1. The molecule has 3 rings (SSSR count). The van der Waals surface area contributed by atoms with Crippen LogP contribution in [0.2, 0.25) is 0 Å². The molecule has 1 unspecified atom stereocenters. The van der Waals surface area contributed by atoms with Crippen molar-refractivity contribution in [3.05, 3.63) is 66.1 Å². The van der Waals surface area contributed by atoms with Crippen molar-refractivity contribution in [2.24, 2.45) is 4.99 Å². The Morgan fingerprint density at radius 1 is 1.30 bits per heavy atom. The predicted molar refractivity (Wildman–Crippen MR) is 94.2 cm³/mol. The van der Waals surface area contributed by atoms with Crippen LogP contribution in [0, 0.1) is 0 Å². The molecule has 4 nitrogen and oxygen atoms in total. The number of hydrogen-bond donors (Lipinski definition) is 0. The zero-order chi connectivity index (χ0) is 16.1. The number of rotatable bonds is 4. The van der Waals surface area contributed by atoms with Crippen molar-refractivity contribution in [1.82, 2.24) is 4.90 Å². The minimum absolute atomic E-state index is 0.0288. The lowest BCUT2D eigenvalue weighted by Gasteiger charge is -2.15. The lowest BCUT2D eigenvalue weighted by Crippen LogP contribution is -2.30. The Morgan fingerprint density at radius 2 is 2.13 bits per heavy atom. The molecule has 1 aromatic heterocycles. The summed E-state index contributed by atoms with van der Waals surface area (Å²) in [5.41, 5.74) is 1.14. The van der Waals surface area contributed by atoms with E-state index < -0.39 is 0 Å². The van der Waals surface area contributed by atoms with Gasteiger partial charge in [0.25, 0.3) is 5.91 Å². The van der Waals surface area contributed by atoms with Gasteiger partial charge in [0.2, 0.25) is 0 Å². The maximum atomic E-state index is 12.4. The van der Waals surface area contributed by atoms with Crippen molar-refractivity contribution in [3.8, 4) is 0 Å². The Morgan fingerprint density at radius 3 is 2.87 bits per heavy atom. The summed E-state index contributed by atoms with van der Waals surface area (Å²) < 4.78 is 5.20. The number of carbonyl (C=O) groups is 1. The number of hydrogen-bond acceptors (Lipinski definition) is 4. The van der Waals surface area contributed by atoms with E-state index in [9.17, 15) is 4.79 Å². The number of nitrogens with zero attached hydrogens (tertiary/aromatic N) is 2. The van der Waals surface area contributed by atoms with Crippen LogP contribution >= 0.6 is 11.8 Å². The van der Waals surface area contributed by atoms with Crippen LogP contribution < -0.4 is 0 Å². The van der Waals surface area contributed by atoms with Gasteiger partial charge in [0.15, 0.2) is 5.17 Å². The van der Waals surface area contributed by atoms with Crippen LogP contribution in [0.1, 0.15) is 24.3 Å². The SMILES string of the molecule is CC(N=C1SCCN1C(=O)/C=C/c1ccco1)c1ccccc1. The average Bonchev–Trinajstić information content (AvgIpc) is 3.25. The van der Waals surface area contributed by atoms with E-state index in [-0.39, 0.29) is 11.9 Å². The number of amides is 1. The van der Waals surface area contributed by atoms with E-state index in [4.69, 9.17) is 9.41 Å². The van der Waals surface area contributed by atoms with Crippen LogP contribution in [-0.2, 0) is 4.79 Å². The monoisotopic (exact) mass is 326 g/mol. The van der Waals surface area contributed by atoms with E-state index in [2.05, 4.69) is 12.1 Å². The second-order valence-electron chi connectivity index (χ2n) is 5.19. The van der Waals surface area contributed by atoms with Gasteiger partial charge in [-0.1, -0.05) is 42.1 Å². The lowest BCUT2D eigenvalue weighted by molar-refractivity contribution is -0.121. The third kappa shape index (κ3) is 3.93. The molecule has 1 aromatic carbocycles. The van der Waals surface area contributed by atoms with E-state index in [0.29, 0.717) is 12.3 Å². The van der Waals surface area contributed by atoms with Crippen molar-refractivity contribution in [2.75, 3.05) is 12.3 Å². The summed E-state index contributed by atoms with van der Waals surface area (Å²) in [6.45, 7) is 2.73. The summed E-state index contributed by atoms with van der Waals surface area (Å²) in [5, 5.41) is 0.787. The van der Waals surface area contributed by atoms with E-state index in [1.165, 1.54) is 6.08 Å². The van der Waals surface area contributed by atoms with Crippen LogP contribution in [0.25, 0.3) is 6.08 Å². The molecule has 0 N–H and O–H groups in total. The molecule has 1 amide bonds. The molecule has 23 heavy (non-hydrogen) atoms. The molecule has 0 bridgehead atoms. The molecule has 1 aliphatic heterocycles. The van der Waals surface area contributed by atoms with Crippen molar-refractivity contribution >= 4 is 28.9 Å². The normalized spacial score (nSPS) is 18.0. The quantitative estimate of drug-likeness (QED) is 0.798. The summed E-state index contributed by atoms with van der Waals surface area (Å²) in [6.07, 6.45) is 4.81. The second kappa shape index (κ2) is 7.33. The molecule has 2 heterocycles. The first kappa shape index (κ1) is 15.6. The van der Waals surface area contributed by atoms with Gasteiger partial charge in [-0.25, -0.2) is 0 Å². The first-order valence-electron chi connectivity index (χ1n) is 7.52. The zero-order valence-corrected chi connectivity index (χ0v) is 13.7. The Hall–Kier alpha value is -2.27. The molecular formula is C18H18N2O2S. The lowest BCUT2D eigenvalue weighted by atomic mass is 10.1. The smallest absolute Gasteiger partial charge is 0.252 e. The van der Waals surface area contributed by atoms with Crippen LogP contribution in [0.4, 0.5) is 0 Å². The van der Waals surface area contributed by atoms with Crippen molar-refractivity contribution in [3.63, 3.8) is 0 Å². The summed E-state index contributed by atoms with van der Waals surface area (Å²) in [6, 6.07) is 13.7. The molecule has 1 aliphatic rings. The van der Waals surface area contributed by atoms with Crippen LogP contribution in [0.5, 0.6) is 0 Å². The zero-order valence-electron chi connectivity index (χ0n) is 12.9. The van der Waals surface area contributed by atoms with E-state index in [1.807, 2.05) is 31.2 Å². The fraction of sp³-hybridized carbons (Fsp3) is 0.222. The van der Waals surface area contributed by atoms with Gasteiger partial charge in [0.1, 0.15) is 5.76 Å². The molecule has 118 valence electrons. The highest BCUT2D eigenvalue weighted by Crippen LogP contribution is 2.24. The Labute approximate surface area is 139 Å². The largest absolute Gasteiger partial charge is 0.465 e. The third-order valence-electron chi connectivity index (χ3n) is 3.56. The molecule has 1 fully saturated rings. The van der Waals surface area contributed by atoms with Crippen molar-refractivity contribution in [1.29, 1.82) is 0 Å². The summed E-state index contributed by atoms with van der Waals surface area (Å²) in [5.74, 6) is 1.48. The highest BCUT2D eigenvalue weighted by Gasteiger charge is 2.24. The molecule has 0 radical (unpaired) electrons.